The van der Waals surface area contributed by atoms with Gasteiger partial charge in [0.2, 0.25) is 11.8 Å². The fourth-order valence-corrected chi connectivity index (χ4v) is 3.98. The van der Waals surface area contributed by atoms with E-state index in [0.29, 0.717) is 25.8 Å². The Bertz CT molecular complexity index is 653. The smallest absolute Gasteiger partial charge is 0.222 e. The van der Waals surface area contributed by atoms with E-state index in [1.807, 2.05) is 4.90 Å². The van der Waals surface area contributed by atoms with E-state index in [1.165, 1.54) is 11.1 Å². The van der Waals surface area contributed by atoms with Gasteiger partial charge in [-0.15, -0.1) is 0 Å². The van der Waals surface area contributed by atoms with Crippen molar-refractivity contribution in [3.05, 3.63) is 35.4 Å². The molecule has 1 N–H and O–H groups in total. The molecule has 0 saturated carbocycles. The number of carbonyl (C=O) groups excluding carboxylic acids is 2. The van der Waals surface area contributed by atoms with Crippen LogP contribution in [0.5, 0.6) is 0 Å². The van der Waals surface area contributed by atoms with Crippen molar-refractivity contribution < 1.29 is 14.3 Å². The summed E-state index contributed by atoms with van der Waals surface area (Å²) in [4.78, 5) is 29.1. The largest absolute Gasteiger partial charge is 0.379 e. The highest BCUT2D eigenvalue weighted by atomic mass is 16.5. The Morgan fingerprint density at radius 2 is 1.83 bits per heavy atom. The number of benzene rings is 1. The highest BCUT2D eigenvalue weighted by molar-refractivity contribution is 5.79. The fourth-order valence-electron chi connectivity index (χ4n) is 3.98. The molecule has 1 aromatic rings. The number of hydrogen-bond acceptors (Lipinski definition) is 4. The van der Waals surface area contributed by atoms with Gasteiger partial charge in [0.15, 0.2) is 0 Å². The lowest BCUT2D eigenvalue weighted by Crippen LogP contribution is -2.43. The van der Waals surface area contributed by atoms with Crippen molar-refractivity contribution in [2.75, 3.05) is 45.9 Å². The van der Waals surface area contributed by atoms with Crippen molar-refractivity contribution in [2.45, 2.75) is 58.9 Å². The first-order chi connectivity index (χ1) is 14.5. The fraction of sp³-hybridized carbons (Fsp3) is 0.667. The number of rotatable bonds is 12. The Hall–Kier alpha value is -1.92. The van der Waals surface area contributed by atoms with Gasteiger partial charge in [-0.05, 0) is 31.7 Å². The summed E-state index contributed by atoms with van der Waals surface area (Å²) in [6.45, 7) is 11.6. The second kappa shape index (κ2) is 13.4. The first-order valence-corrected chi connectivity index (χ1v) is 11.5. The van der Waals surface area contributed by atoms with Crippen LogP contribution in [-0.2, 0) is 14.3 Å². The molecular formula is C24H39N3O3. The Morgan fingerprint density at radius 3 is 2.47 bits per heavy atom. The van der Waals surface area contributed by atoms with E-state index in [1.54, 1.807) is 0 Å². The molecule has 1 atom stereocenters. The molecule has 1 unspecified atom stereocenters. The van der Waals surface area contributed by atoms with E-state index in [9.17, 15) is 9.59 Å². The molecule has 1 aromatic carbocycles. The predicted molar refractivity (Wildman–Crippen MR) is 120 cm³/mol. The predicted octanol–water partition coefficient (Wildman–Crippen LogP) is 3.30. The third-order valence-electron chi connectivity index (χ3n) is 5.54. The summed E-state index contributed by atoms with van der Waals surface area (Å²) in [5.74, 6) is 0.184. The summed E-state index contributed by atoms with van der Waals surface area (Å²) in [5.41, 5.74) is 2.45. The summed E-state index contributed by atoms with van der Waals surface area (Å²) >= 11 is 0. The molecular weight excluding hydrogens is 378 g/mol. The molecule has 1 fully saturated rings. The van der Waals surface area contributed by atoms with Crippen molar-refractivity contribution in [1.82, 2.24) is 15.1 Å². The molecule has 0 bridgehead atoms. The quantitative estimate of drug-likeness (QED) is 0.567. The number of ether oxygens (including phenoxy) is 1. The Morgan fingerprint density at radius 1 is 1.13 bits per heavy atom. The van der Waals surface area contributed by atoms with Crippen LogP contribution in [0.25, 0.3) is 0 Å². The zero-order valence-corrected chi connectivity index (χ0v) is 19.0. The van der Waals surface area contributed by atoms with Crippen LogP contribution in [0.4, 0.5) is 0 Å². The van der Waals surface area contributed by atoms with E-state index in [-0.39, 0.29) is 17.9 Å². The van der Waals surface area contributed by atoms with Crippen molar-refractivity contribution in [3.63, 3.8) is 0 Å². The van der Waals surface area contributed by atoms with Crippen molar-refractivity contribution >= 4 is 11.8 Å². The average Bonchev–Trinajstić information content (AvgIpc) is 2.74. The number of morpholine rings is 1. The van der Waals surface area contributed by atoms with Crippen LogP contribution in [0.2, 0.25) is 0 Å². The Kier molecular flexibility index (Phi) is 10.9. The molecule has 1 heterocycles. The van der Waals surface area contributed by atoms with E-state index in [0.717, 1.165) is 52.2 Å². The number of carbonyl (C=O) groups is 2. The van der Waals surface area contributed by atoms with E-state index < -0.39 is 0 Å². The van der Waals surface area contributed by atoms with Crippen LogP contribution in [0.1, 0.15) is 63.1 Å². The highest BCUT2D eigenvalue weighted by Gasteiger charge is 2.23. The maximum Gasteiger partial charge on any atom is 0.222 e. The number of nitrogens with one attached hydrogen (secondary N) is 1. The lowest BCUT2D eigenvalue weighted by Gasteiger charge is -2.35. The van der Waals surface area contributed by atoms with Crippen molar-refractivity contribution in [1.29, 1.82) is 0 Å². The lowest BCUT2D eigenvalue weighted by atomic mass is 10.0. The second-order valence-electron chi connectivity index (χ2n) is 8.12. The van der Waals surface area contributed by atoms with Gasteiger partial charge >= 0.3 is 0 Å². The van der Waals surface area contributed by atoms with Crippen LogP contribution < -0.4 is 5.32 Å². The molecule has 0 aliphatic carbocycles. The van der Waals surface area contributed by atoms with Gasteiger partial charge in [0.05, 0.1) is 19.3 Å². The Balaban J connectivity index is 1.84. The molecule has 168 valence electrons. The topological polar surface area (TPSA) is 61.9 Å². The molecule has 0 spiro atoms. The van der Waals surface area contributed by atoms with Crippen molar-refractivity contribution in [2.24, 2.45) is 0 Å². The number of hydrogen-bond donors (Lipinski definition) is 1. The SMILES string of the molecule is CCCN(CCC)C(=O)CCCC(=O)NCC(c1cccc(C)c1)N1CCOCC1. The third-order valence-corrected chi connectivity index (χ3v) is 5.54. The van der Waals surface area contributed by atoms with E-state index in [2.05, 4.69) is 55.3 Å². The van der Waals surface area contributed by atoms with Gasteiger partial charge in [0.25, 0.3) is 0 Å². The molecule has 1 aliphatic heterocycles. The second-order valence-corrected chi connectivity index (χ2v) is 8.12. The van der Waals surface area contributed by atoms with Crippen LogP contribution in [-0.4, -0.2) is 67.6 Å². The van der Waals surface area contributed by atoms with Crippen molar-refractivity contribution in [3.8, 4) is 0 Å². The summed E-state index contributed by atoms with van der Waals surface area (Å²) < 4.78 is 5.50. The first kappa shape index (κ1) is 24.4. The molecule has 0 radical (unpaired) electrons. The minimum absolute atomic E-state index is 0.0197. The molecule has 30 heavy (non-hydrogen) atoms. The number of aryl methyl sites for hydroxylation is 1. The minimum atomic E-state index is 0.0197. The maximum absolute atomic E-state index is 12.5. The van der Waals surface area contributed by atoms with Gasteiger partial charge in [-0.3, -0.25) is 14.5 Å². The maximum atomic E-state index is 12.5. The Labute approximate surface area is 182 Å². The first-order valence-electron chi connectivity index (χ1n) is 11.5. The zero-order chi connectivity index (χ0) is 21.8. The highest BCUT2D eigenvalue weighted by Crippen LogP contribution is 2.22. The van der Waals surface area contributed by atoms with Crippen LogP contribution in [0.3, 0.4) is 0 Å². The standard InChI is InChI=1S/C24H39N3O3/c1-4-12-27(13-5-2)24(29)11-7-10-23(28)25-19-22(26-14-16-30-17-15-26)21-9-6-8-20(3)18-21/h6,8-9,18,22H,4-5,7,10-17,19H2,1-3H3,(H,25,28). The van der Waals surface area contributed by atoms with Gasteiger partial charge in [-0.1, -0.05) is 43.7 Å². The normalized spacial score (nSPS) is 15.6. The molecule has 1 saturated heterocycles. The number of nitrogens with zero attached hydrogens (tertiary/aromatic N) is 2. The summed E-state index contributed by atoms with van der Waals surface area (Å²) in [5, 5.41) is 3.10. The van der Waals surface area contributed by atoms with E-state index >= 15 is 0 Å². The molecule has 6 nitrogen and oxygen atoms in total. The average molecular weight is 418 g/mol. The van der Waals surface area contributed by atoms with Crippen LogP contribution in [0, 0.1) is 6.92 Å². The van der Waals surface area contributed by atoms with Crippen LogP contribution in [0.15, 0.2) is 24.3 Å². The molecule has 2 rings (SSSR count). The van der Waals surface area contributed by atoms with Gasteiger partial charge in [-0.25, -0.2) is 0 Å². The van der Waals surface area contributed by atoms with Gasteiger partial charge in [-0.2, -0.15) is 0 Å². The number of amides is 2. The monoisotopic (exact) mass is 417 g/mol. The molecule has 6 heteroatoms. The van der Waals surface area contributed by atoms with Gasteiger partial charge in [0, 0.05) is 45.6 Å². The van der Waals surface area contributed by atoms with Gasteiger partial charge in [0.1, 0.15) is 0 Å². The summed E-state index contributed by atoms with van der Waals surface area (Å²) in [6, 6.07) is 8.64. The summed E-state index contributed by atoms with van der Waals surface area (Å²) in [6.07, 6.45) is 3.36. The summed E-state index contributed by atoms with van der Waals surface area (Å²) in [7, 11) is 0. The third kappa shape index (κ3) is 8.07. The zero-order valence-electron chi connectivity index (χ0n) is 19.0. The van der Waals surface area contributed by atoms with Crippen LogP contribution >= 0.6 is 0 Å². The molecule has 2 amide bonds. The minimum Gasteiger partial charge on any atom is -0.379 e. The molecule has 0 aromatic heterocycles. The molecule has 1 aliphatic rings. The van der Waals surface area contributed by atoms with E-state index in [4.69, 9.17) is 4.74 Å². The van der Waals surface area contributed by atoms with Gasteiger partial charge < -0.3 is 15.0 Å². The lowest BCUT2D eigenvalue weighted by molar-refractivity contribution is -0.131.